The second-order valence-corrected chi connectivity index (χ2v) is 8.69. The summed E-state index contributed by atoms with van der Waals surface area (Å²) in [6, 6.07) is 24.7. The Morgan fingerprint density at radius 3 is 2.07 bits per heavy atom. The average molecular weight is 410 g/mol. The molecule has 3 rings (SSSR count). The van der Waals surface area contributed by atoms with Gasteiger partial charge in [-0.3, -0.25) is 9.10 Å². The van der Waals surface area contributed by atoms with Crippen LogP contribution >= 0.6 is 0 Å². The van der Waals surface area contributed by atoms with Crippen LogP contribution in [0.3, 0.4) is 0 Å². The minimum absolute atomic E-state index is 0.0826. The molecule has 0 saturated heterocycles. The molecule has 150 valence electrons. The fourth-order valence-electron chi connectivity index (χ4n) is 2.98. The number of esters is 1. The van der Waals surface area contributed by atoms with Crippen LogP contribution in [0.5, 0.6) is 0 Å². The number of para-hydroxylation sites is 1. The maximum Gasteiger partial charge on any atom is 0.327 e. The molecular weight excluding hydrogens is 386 g/mol. The van der Waals surface area contributed by atoms with Crippen molar-refractivity contribution in [1.29, 1.82) is 0 Å². The minimum Gasteiger partial charge on any atom is -0.459 e. The van der Waals surface area contributed by atoms with Crippen LogP contribution in [0.25, 0.3) is 11.1 Å². The molecule has 0 radical (unpaired) electrons. The van der Waals surface area contributed by atoms with Gasteiger partial charge in [0.2, 0.25) is 10.0 Å². The second-order valence-electron chi connectivity index (χ2n) is 6.78. The smallest absolute Gasteiger partial charge is 0.327 e. The van der Waals surface area contributed by atoms with Crippen molar-refractivity contribution in [3.63, 3.8) is 0 Å². The van der Waals surface area contributed by atoms with E-state index in [1.54, 1.807) is 25.1 Å². The first kappa shape index (κ1) is 20.6. The van der Waals surface area contributed by atoms with Crippen LogP contribution in [-0.4, -0.2) is 27.2 Å². The van der Waals surface area contributed by atoms with E-state index in [0.29, 0.717) is 5.69 Å². The molecule has 0 saturated carbocycles. The van der Waals surface area contributed by atoms with Crippen LogP contribution < -0.4 is 4.31 Å². The van der Waals surface area contributed by atoms with Crippen LogP contribution in [0.4, 0.5) is 5.69 Å². The molecule has 0 fully saturated rings. The zero-order chi connectivity index (χ0) is 20.9. The Bertz CT molecular complexity index is 1080. The van der Waals surface area contributed by atoms with Gasteiger partial charge in [-0.25, -0.2) is 8.42 Å². The molecule has 3 aromatic rings. The Morgan fingerprint density at radius 1 is 0.862 bits per heavy atom. The van der Waals surface area contributed by atoms with Crippen molar-refractivity contribution in [3.8, 4) is 11.1 Å². The summed E-state index contributed by atoms with van der Waals surface area (Å²) in [5, 5.41) is 0. The first-order valence-corrected chi connectivity index (χ1v) is 11.0. The first-order valence-electron chi connectivity index (χ1n) is 9.18. The van der Waals surface area contributed by atoms with E-state index in [-0.39, 0.29) is 13.2 Å². The number of ether oxygens (including phenoxy) is 1. The molecular formula is C23H23NO4S. The molecule has 0 N–H and O–H groups in total. The number of hydrogen-bond donors (Lipinski definition) is 0. The molecule has 0 unspecified atom stereocenters. The quantitative estimate of drug-likeness (QED) is 0.550. The zero-order valence-electron chi connectivity index (χ0n) is 16.4. The molecule has 29 heavy (non-hydrogen) atoms. The van der Waals surface area contributed by atoms with Gasteiger partial charge in [0.05, 0.1) is 11.9 Å². The number of carbonyl (C=O) groups excluding carboxylic acids is 1. The van der Waals surface area contributed by atoms with Crippen LogP contribution in [0.2, 0.25) is 0 Å². The number of sulfonamides is 1. The maximum absolute atomic E-state index is 12.3. The number of benzene rings is 3. The molecule has 0 bridgehead atoms. The largest absolute Gasteiger partial charge is 0.459 e. The maximum atomic E-state index is 12.3. The molecule has 0 aliphatic carbocycles. The van der Waals surface area contributed by atoms with E-state index >= 15 is 0 Å². The van der Waals surface area contributed by atoms with Gasteiger partial charge < -0.3 is 4.74 Å². The van der Waals surface area contributed by atoms with Gasteiger partial charge in [-0.15, -0.1) is 0 Å². The van der Waals surface area contributed by atoms with Crippen molar-refractivity contribution >= 4 is 21.7 Å². The molecule has 0 aliphatic heterocycles. The van der Waals surface area contributed by atoms with Crippen molar-refractivity contribution in [2.24, 2.45) is 0 Å². The van der Waals surface area contributed by atoms with Gasteiger partial charge in [0.1, 0.15) is 13.2 Å². The Balaban J connectivity index is 1.65. The lowest BCUT2D eigenvalue weighted by molar-refractivity contribution is -0.143. The standard InChI is InChI=1S/C23H23NO4S/c1-18-8-6-7-11-22(18)24(29(2,26)27)16-23(25)28-17-19-12-14-21(15-13-19)20-9-4-3-5-10-20/h3-15H,16-17H2,1-2H3. The lowest BCUT2D eigenvalue weighted by Gasteiger charge is -2.23. The highest BCUT2D eigenvalue weighted by Gasteiger charge is 2.22. The highest BCUT2D eigenvalue weighted by atomic mass is 32.2. The summed E-state index contributed by atoms with van der Waals surface area (Å²) in [6.45, 7) is 1.51. The fraction of sp³-hybridized carbons (Fsp3) is 0.174. The van der Waals surface area contributed by atoms with Crippen molar-refractivity contribution < 1.29 is 17.9 Å². The van der Waals surface area contributed by atoms with E-state index < -0.39 is 16.0 Å². The van der Waals surface area contributed by atoms with Crippen LogP contribution in [0.15, 0.2) is 78.9 Å². The van der Waals surface area contributed by atoms with Crippen LogP contribution in [0.1, 0.15) is 11.1 Å². The summed E-state index contributed by atoms with van der Waals surface area (Å²) < 4.78 is 30.8. The van der Waals surface area contributed by atoms with Crippen molar-refractivity contribution in [2.75, 3.05) is 17.1 Å². The van der Waals surface area contributed by atoms with Gasteiger partial charge in [-0.2, -0.15) is 0 Å². The molecule has 6 heteroatoms. The van der Waals surface area contributed by atoms with Gasteiger partial charge in [-0.05, 0) is 35.2 Å². The summed E-state index contributed by atoms with van der Waals surface area (Å²) in [5.41, 5.74) is 4.25. The summed E-state index contributed by atoms with van der Waals surface area (Å²) >= 11 is 0. The Morgan fingerprint density at radius 2 is 1.45 bits per heavy atom. The number of hydrogen-bond acceptors (Lipinski definition) is 4. The van der Waals surface area contributed by atoms with Crippen LogP contribution in [-0.2, 0) is 26.2 Å². The molecule has 5 nitrogen and oxygen atoms in total. The van der Waals surface area contributed by atoms with Crippen molar-refractivity contribution in [1.82, 2.24) is 0 Å². The molecule has 3 aromatic carbocycles. The number of rotatable bonds is 7. The molecule has 0 heterocycles. The van der Waals surface area contributed by atoms with E-state index in [2.05, 4.69) is 0 Å². The lowest BCUT2D eigenvalue weighted by Crippen LogP contribution is -2.36. The third-order valence-electron chi connectivity index (χ3n) is 4.52. The molecule has 0 spiro atoms. The molecule has 0 atom stereocenters. The number of carbonyl (C=O) groups is 1. The SMILES string of the molecule is Cc1ccccc1N(CC(=O)OCc1ccc(-c2ccccc2)cc1)S(C)(=O)=O. The number of aryl methyl sites for hydroxylation is 1. The monoisotopic (exact) mass is 409 g/mol. The van der Waals surface area contributed by atoms with Gasteiger partial charge in [0.25, 0.3) is 0 Å². The topological polar surface area (TPSA) is 63.7 Å². The van der Waals surface area contributed by atoms with E-state index in [4.69, 9.17) is 4.74 Å². The minimum atomic E-state index is -3.62. The van der Waals surface area contributed by atoms with E-state index in [0.717, 1.165) is 32.8 Å². The molecule has 0 amide bonds. The van der Waals surface area contributed by atoms with Gasteiger partial charge in [0.15, 0.2) is 0 Å². The molecule has 0 aromatic heterocycles. The third-order valence-corrected chi connectivity index (χ3v) is 5.64. The normalized spacial score (nSPS) is 11.1. The fourth-order valence-corrected chi connectivity index (χ4v) is 3.88. The highest BCUT2D eigenvalue weighted by Crippen LogP contribution is 2.22. The van der Waals surface area contributed by atoms with E-state index in [9.17, 15) is 13.2 Å². The van der Waals surface area contributed by atoms with Gasteiger partial charge in [0, 0.05) is 0 Å². The summed E-state index contributed by atoms with van der Waals surface area (Å²) in [5.74, 6) is -0.606. The van der Waals surface area contributed by atoms with E-state index in [1.807, 2.05) is 60.7 Å². The summed E-state index contributed by atoms with van der Waals surface area (Å²) in [6.07, 6.45) is 1.08. The third kappa shape index (κ3) is 5.45. The lowest BCUT2D eigenvalue weighted by atomic mass is 10.0. The number of anilines is 1. The van der Waals surface area contributed by atoms with Gasteiger partial charge >= 0.3 is 5.97 Å². The zero-order valence-corrected chi connectivity index (χ0v) is 17.2. The first-order chi connectivity index (χ1) is 13.8. The van der Waals surface area contributed by atoms with E-state index in [1.165, 1.54) is 0 Å². The molecule has 0 aliphatic rings. The predicted octanol–water partition coefficient (Wildman–Crippen LogP) is 4.17. The highest BCUT2D eigenvalue weighted by molar-refractivity contribution is 7.92. The Kier molecular flexibility index (Phi) is 6.34. The number of nitrogens with zero attached hydrogens (tertiary/aromatic N) is 1. The summed E-state index contributed by atoms with van der Waals surface area (Å²) in [4.78, 5) is 12.3. The second kappa shape index (κ2) is 8.92. The predicted molar refractivity (Wildman–Crippen MR) is 115 cm³/mol. The summed E-state index contributed by atoms with van der Waals surface area (Å²) in [7, 11) is -3.62. The van der Waals surface area contributed by atoms with Crippen LogP contribution in [0, 0.1) is 6.92 Å². The average Bonchev–Trinajstić information content (AvgIpc) is 2.71. The van der Waals surface area contributed by atoms with Gasteiger partial charge in [-0.1, -0.05) is 72.8 Å². The van der Waals surface area contributed by atoms with Crippen molar-refractivity contribution in [2.45, 2.75) is 13.5 Å². The Hall–Kier alpha value is -3.12. The van der Waals surface area contributed by atoms with Crippen molar-refractivity contribution in [3.05, 3.63) is 90.0 Å². The Labute approximate surface area is 171 Å².